The van der Waals surface area contributed by atoms with Gasteiger partial charge < -0.3 is 25.7 Å². The highest BCUT2D eigenvalue weighted by atomic mass is 16.4. The van der Waals surface area contributed by atoms with Crippen LogP contribution >= 0.6 is 0 Å². The summed E-state index contributed by atoms with van der Waals surface area (Å²) in [6.07, 6.45) is 1.36. The molecule has 1 aromatic heterocycles. The number of rotatable bonds is 7. The number of aliphatic carboxylic acids is 1. The summed E-state index contributed by atoms with van der Waals surface area (Å²) in [5.74, 6) is 0.166. The minimum absolute atomic E-state index is 0.0462. The van der Waals surface area contributed by atoms with Gasteiger partial charge in [0.2, 0.25) is 17.8 Å². The lowest BCUT2D eigenvalue weighted by molar-refractivity contribution is -0.138. The summed E-state index contributed by atoms with van der Waals surface area (Å²) in [7, 11) is 0. The van der Waals surface area contributed by atoms with Gasteiger partial charge in [0.1, 0.15) is 6.04 Å². The third kappa shape index (κ3) is 3.94. The maximum atomic E-state index is 11.3. The van der Waals surface area contributed by atoms with Crippen LogP contribution in [0.1, 0.15) is 26.7 Å². The molecule has 0 aromatic carbocycles. The van der Waals surface area contributed by atoms with Crippen LogP contribution in [0, 0.1) is 0 Å². The van der Waals surface area contributed by atoms with Gasteiger partial charge in [-0.2, -0.15) is 15.0 Å². The van der Waals surface area contributed by atoms with Crippen LogP contribution in [-0.4, -0.2) is 62.9 Å². The van der Waals surface area contributed by atoms with Gasteiger partial charge in [0.05, 0.1) is 6.61 Å². The molecule has 1 aliphatic heterocycles. The SMILES string of the molecule is CC(C)Nc1nc(NCCO)nc(N2CCC[C@H]2C(=O)O)n1. The van der Waals surface area contributed by atoms with Crippen LogP contribution in [0.2, 0.25) is 0 Å². The quantitative estimate of drug-likeness (QED) is 0.557. The molecule has 4 N–H and O–H groups in total. The van der Waals surface area contributed by atoms with Crippen molar-refractivity contribution < 1.29 is 15.0 Å². The average Bonchev–Trinajstić information content (AvgIpc) is 2.93. The monoisotopic (exact) mass is 310 g/mol. The molecule has 2 rings (SSSR count). The number of nitrogens with one attached hydrogen (secondary N) is 2. The molecule has 1 saturated heterocycles. The van der Waals surface area contributed by atoms with Crippen LogP contribution in [0.15, 0.2) is 0 Å². The molecule has 1 atom stereocenters. The predicted octanol–water partition coefficient (Wildman–Crippen LogP) is 0.149. The van der Waals surface area contributed by atoms with E-state index in [0.717, 1.165) is 6.42 Å². The van der Waals surface area contributed by atoms with Crippen LogP contribution in [0.4, 0.5) is 17.8 Å². The first-order valence-corrected chi connectivity index (χ1v) is 7.38. The average molecular weight is 310 g/mol. The topological polar surface area (TPSA) is 124 Å². The zero-order valence-electron chi connectivity index (χ0n) is 12.8. The van der Waals surface area contributed by atoms with E-state index in [-0.39, 0.29) is 12.6 Å². The Labute approximate surface area is 128 Å². The number of nitrogens with zero attached hydrogens (tertiary/aromatic N) is 4. The first-order chi connectivity index (χ1) is 10.5. The van der Waals surface area contributed by atoms with Crippen molar-refractivity contribution in [3.05, 3.63) is 0 Å². The van der Waals surface area contributed by atoms with E-state index in [1.165, 1.54) is 0 Å². The molecule has 0 aliphatic carbocycles. The second-order valence-electron chi connectivity index (χ2n) is 5.42. The second kappa shape index (κ2) is 7.21. The number of carboxylic acid groups (broad SMARTS) is 1. The Bertz CT molecular complexity index is 524. The summed E-state index contributed by atoms with van der Waals surface area (Å²) in [5.41, 5.74) is 0. The van der Waals surface area contributed by atoms with Gasteiger partial charge in [-0.05, 0) is 26.7 Å². The Kier molecular flexibility index (Phi) is 5.31. The van der Waals surface area contributed by atoms with Crippen molar-refractivity contribution in [3.8, 4) is 0 Å². The van der Waals surface area contributed by atoms with Crippen molar-refractivity contribution in [2.24, 2.45) is 0 Å². The number of anilines is 3. The molecule has 1 aliphatic rings. The smallest absolute Gasteiger partial charge is 0.326 e. The van der Waals surface area contributed by atoms with E-state index in [1.54, 1.807) is 4.90 Å². The van der Waals surface area contributed by atoms with Crippen molar-refractivity contribution in [1.29, 1.82) is 0 Å². The second-order valence-corrected chi connectivity index (χ2v) is 5.42. The van der Waals surface area contributed by atoms with Gasteiger partial charge in [0.15, 0.2) is 0 Å². The molecule has 2 heterocycles. The third-order valence-corrected chi connectivity index (χ3v) is 3.23. The molecule has 0 amide bonds. The Morgan fingerprint density at radius 2 is 2.09 bits per heavy atom. The number of aliphatic hydroxyl groups excluding tert-OH is 1. The van der Waals surface area contributed by atoms with Gasteiger partial charge in [-0.3, -0.25) is 0 Å². The normalized spacial score (nSPS) is 17.8. The van der Waals surface area contributed by atoms with Crippen LogP contribution in [0.5, 0.6) is 0 Å². The summed E-state index contributed by atoms with van der Waals surface area (Å²) in [4.78, 5) is 25.8. The van der Waals surface area contributed by atoms with E-state index in [4.69, 9.17) is 5.11 Å². The van der Waals surface area contributed by atoms with Gasteiger partial charge in [-0.25, -0.2) is 4.79 Å². The third-order valence-electron chi connectivity index (χ3n) is 3.23. The van der Waals surface area contributed by atoms with Crippen molar-refractivity contribution in [2.75, 3.05) is 35.2 Å². The molecule has 0 spiro atoms. The molecule has 0 unspecified atom stereocenters. The van der Waals surface area contributed by atoms with Crippen molar-refractivity contribution >= 4 is 23.8 Å². The molecule has 9 heteroatoms. The molecular formula is C13H22N6O3. The van der Waals surface area contributed by atoms with Gasteiger partial charge >= 0.3 is 5.97 Å². The standard InChI is InChI=1S/C13H22N6O3/c1-8(2)15-12-16-11(14-5-7-20)17-13(18-12)19-6-3-4-9(19)10(21)22/h8-9,20H,3-7H2,1-2H3,(H,21,22)(H2,14,15,16,17,18)/t9-/m0/s1. The van der Waals surface area contributed by atoms with E-state index in [9.17, 15) is 9.90 Å². The van der Waals surface area contributed by atoms with Crippen molar-refractivity contribution in [3.63, 3.8) is 0 Å². The van der Waals surface area contributed by atoms with Crippen molar-refractivity contribution in [1.82, 2.24) is 15.0 Å². The van der Waals surface area contributed by atoms with Gasteiger partial charge in [0, 0.05) is 19.1 Å². The fourth-order valence-electron chi connectivity index (χ4n) is 2.33. The molecule has 1 aromatic rings. The van der Waals surface area contributed by atoms with Gasteiger partial charge in [-0.1, -0.05) is 0 Å². The van der Waals surface area contributed by atoms with Crippen molar-refractivity contribution in [2.45, 2.75) is 38.8 Å². The number of carbonyl (C=O) groups is 1. The maximum Gasteiger partial charge on any atom is 0.326 e. The zero-order chi connectivity index (χ0) is 16.1. The highest BCUT2D eigenvalue weighted by molar-refractivity contribution is 5.78. The molecule has 122 valence electrons. The summed E-state index contributed by atoms with van der Waals surface area (Å²) in [6.45, 7) is 4.78. The predicted molar refractivity (Wildman–Crippen MR) is 82.2 cm³/mol. The fourth-order valence-corrected chi connectivity index (χ4v) is 2.33. The highest BCUT2D eigenvalue weighted by Crippen LogP contribution is 2.24. The lowest BCUT2D eigenvalue weighted by Gasteiger charge is -2.22. The van der Waals surface area contributed by atoms with Gasteiger partial charge in [0.25, 0.3) is 0 Å². The summed E-state index contributed by atoms with van der Waals surface area (Å²) in [6, 6.07) is -0.477. The Morgan fingerprint density at radius 3 is 2.73 bits per heavy atom. The molecule has 9 nitrogen and oxygen atoms in total. The first kappa shape index (κ1) is 16.2. The summed E-state index contributed by atoms with van der Waals surface area (Å²) in [5, 5.41) is 24.2. The van der Waals surface area contributed by atoms with E-state index in [2.05, 4.69) is 25.6 Å². The van der Waals surface area contributed by atoms with Gasteiger partial charge in [-0.15, -0.1) is 0 Å². The number of hydrogen-bond acceptors (Lipinski definition) is 8. The van der Waals surface area contributed by atoms with E-state index >= 15 is 0 Å². The zero-order valence-corrected chi connectivity index (χ0v) is 12.8. The van der Waals surface area contributed by atoms with E-state index in [1.807, 2.05) is 13.8 Å². The van der Waals surface area contributed by atoms with Crippen LogP contribution in [-0.2, 0) is 4.79 Å². The lowest BCUT2D eigenvalue weighted by Crippen LogP contribution is -2.37. The first-order valence-electron chi connectivity index (χ1n) is 7.38. The van der Waals surface area contributed by atoms with E-state index < -0.39 is 12.0 Å². The molecule has 0 radical (unpaired) electrons. The number of carboxylic acids is 1. The number of hydrogen-bond donors (Lipinski definition) is 4. The highest BCUT2D eigenvalue weighted by Gasteiger charge is 2.32. The van der Waals surface area contributed by atoms with Crippen LogP contribution in [0.25, 0.3) is 0 Å². The Morgan fingerprint density at radius 1 is 1.36 bits per heavy atom. The number of aromatic nitrogens is 3. The molecule has 0 saturated carbocycles. The Hall–Kier alpha value is -2.16. The molecule has 0 bridgehead atoms. The Balaban J connectivity index is 2.29. The molecular weight excluding hydrogens is 288 g/mol. The largest absolute Gasteiger partial charge is 0.480 e. The number of aliphatic hydroxyl groups is 1. The summed E-state index contributed by atoms with van der Waals surface area (Å²) < 4.78 is 0. The van der Waals surface area contributed by atoms with Crippen LogP contribution < -0.4 is 15.5 Å². The molecule has 1 fully saturated rings. The summed E-state index contributed by atoms with van der Waals surface area (Å²) >= 11 is 0. The minimum atomic E-state index is -0.874. The van der Waals surface area contributed by atoms with Crippen LogP contribution in [0.3, 0.4) is 0 Å². The van der Waals surface area contributed by atoms with E-state index in [0.29, 0.717) is 37.4 Å². The minimum Gasteiger partial charge on any atom is -0.480 e. The molecule has 22 heavy (non-hydrogen) atoms. The lowest BCUT2D eigenvalue weighted by atomic mass is 10.2. The fraction of sp³-hybridized carbons (Fsp3) is 0.692. The maximum absolute atomic E-state index is 11.3.